The lowest BCUT2D eigenvalue weighted by atomic mass is 10.0. The summed E-state index contributed by atoms with van der Waals surface area (Å²) in [5, 5.41) is 50.5. The van der Waals surface area contributed by atoms with Crippen molar-refractivity contribution in [2.75, 3.05) is 6.61 Å². The number of aliphatic hydroxyl groups is 4. The molecule has 0 amide bonds. The highest BCUT2D eigenvalue weighted by atomic mass is 16.4. The largest absolute Gasteiger partial charge is 0.394 e. The van der Waals surface area contributed by atoms with E-state index in [1.165, 1.54) is 0 Å². The minimum absolute atomic E-state index is 0.344. The number of aliphatic hydroxyl groups excluding tert-OH is 4. The van der Waals surface area contributed by atoms with Gasteiger partial charge in [0, 0.05) is 0 Å². The van der Waals surface area contributed by atoms with E-state index >= 15 is 0 Å². The molecule has 0 aliphatic carbocycles. The quantitative estimate of drug-likeness (QED) is 0.128. The van der Waals surface area contributed by atoms with Crippen LogP contribution in [0.5, 0.6) is 0 Å². The summed E-state index contributed by atoms with van der Waals surface area (Å²) in [5.74, 6) is -0.769. The summed E-state index contributed by atoms with van der Waals surface area (Å²) in [4.78, 5) is 0. The Balaban J connectivity index is 5.22. The molecular formula is C8H18N8O4. The van der Waals surface area contributed by atoms with Gasteiger partial charge in [-0.05, 0) is 0 Å². The molecule has 3 unspecified atom stereocenters. The molecule has 0 radical (unpaired) electrons. The van der Waals surface area contributed by atoms with Gasteiger partial charge in [-0.15, -0.1) is 15.3 Å². The molecule has 114 valence electrons. The van der Waals surface area contributed by atoms with Gasteiger partial charge in [-0.1, -0.05) is 0 Å². The Hall–Kier alpha value is -2.28. The molecule has 0 aliphatic heterocycles. The van der Waals surface area contributed by atoms with Gasteiger partial charge in [0.1, 0.15) is 24.0 Å². The summed E-state index contributed by atoms with van der Waals surface area (Å²) in [6.07, 6.45) is -4.23. The molecule has 0 fully saturated rings. The van der Waals surface area contributed by atoms with Crippen molar-refractivity contribution < 1.29 is 20.4 Å². The van der Waals surface area contributed by atoms with Crippen molar-refractivity contribution in [1.29, 1.82) is 0 Å². The van der Waals surface area contributed by atoms with E-state index in [2.05, 4.69) is 20.4 Å². The van der Waals surface area contributed by atoms with E-state index in [-0.39, 0.29) is 11.7 Å². The maximum Gasteiger partial charge on any atom is 0.211 e. The molecule has 0 spiro atoms. The van der Waals surface area contributed by atoms with Gasteiger partial charge < -0.3 is 43.4 Å². The smallest absolute Gasteiger partial charge is 0.211 e. The molecular weight excluding hydrogens is 272 g/mol. The summed E-state index contributed by atoms with van der Waals surface area (Å²) in [7, 11) is 0. The predicted octanol–water partition coefficient (Wildman–Crippen LogP) is -5.05. The molecule has 20 heavy (non-hydrogen) atoms. The van der Waals surface area contributed by atoms with Crippen molar-refractivity contribution in [2.24, 2.45) is 43.3 Å². The first-order valence-corrected chi connectivity index (χ1v) is 5.23. The topological polar surface area (TPSA) is 234 Å². The van der Waals surface area contributed by atoms with Crippen LogP contribution in [-0.2, 0) is 0 Å². The van der Waals surface area contributed by atoms with Crippen molar-refractivity contribution in [3.63, 3.8) is 0 Å². The number of nitrogens with zero attached hydrogens (tertiary/aromatic N) is 4. The Morgan fingerprint density at radius 3 is 1.95 bits per heavy atom. The third kappa shape index (κ3) is 6.60. The van der Waals surface area contributed by atoms with Crippen molar-refractivity contribution in [1.82, 2.24) is 0 Å². The third-order valence-electron chi connectivity index (χ3n) is 1.85. The van der Waals surface area contributed by atoms with Crippen molar-refractivity contribution in [3.8, 4) is 0 Å². The van der Waals surface area contributed by atoms with Crippen LogP contribution in [0.2, 0.25) is 0 Å². The van der Waals surface area contributed by atoms with Gasteiger partial charge in [-0.3, -0.25) is 0 Å². The summed E-state index contributed by atoms with van der Waals surface area (Å²) in [5.41, 5.74) is 19.8. The average molecular weight is 290 g/mol. The lowest BCUT2D eigenvalue weighted by Crippen LogP contribution is -2.44. The van der Waals surface area contributed by atoms with Crippen LogP contribution in [0.25, 0.3) is 0 Å². The zero-order valence-electron chi connectivity index (χ0n) is 10.4. The zero-order chi connectivity index (χ0) is 15.7. The zero-order valence-corrected chi connectivity index (χ0v) is 10.4. The maximum atomic E-state index is 9.75. The number of hydrogen-bond donors (Lipinski definition) is 8. The van der Waals surface area contributed by atoms with Crippen molar-refractivity contribution in [2.45, 2.75) is 18.3 Å². The molecule has 0 aromatic rings. The monoisotopic (exact) mass is 290 g/mol. The maximum absolute atomic E-state index is 9.75. The van der Waals surface area contributed by atoms with Gasteiger partial charge in [-0.2, -0.15) is 5.10 Å². The summed E-state index contributed by atoms with van der Waals surface area (Å²) in [6, 6.07) is 0. The summed E-state index contributed by atoms with van der Waals surface area (Å²) >= 11 is 0. The molecule has 3 atom stereocenters. The third-order valence-corrected chi connectivity index (χ3v) is 1.85. The van der Waals surface area contributed by atoms with Gasteiger partial charge in [-0.25, -0.2) is 0 Å². The lowest BCUT2D eigenvalue weighted by Gasteiger charge is -2.20. The molecule has 12 heteroatoms. The summed E-state index contributed by atoms with van der Waals surface area (Å²) in [6.45, 7) is -0.779. The number of hydrogen-bond acceptors (Lipinski definition) is 8. The van der Waals surface area contributed by atoms with Gasteiger partial charge >= 0.3 is 0 Å². The molecule has 0 saturated carbocycles. The van der Waals surface area contributed by atoms with Crippen LogP contribution in [0.15, 0.2) is 20.4 Å². The first kappa shape index (κ1) is 17.7. The van der Waals surface area contributed by atoms with Gasteiger partial charge in [0.25, 0.3) is 0 Å². The van der Waals surface area contributed by atoms with E-state index in [0.29, 0.717) is 0 Å². The molecule has 0 bridgehead atoms. The molecule has 0 aliphatic rings. The molecule has 0 aromatic carbocycles. The van der Waals surface area contributed by atoms with Crippen molar-refractivity contribution >= 4 is 23.8 Å². The normalized spacial score (nSPS) is 16.5. The minimum atomic E-state index is -1.75. The number of nitrogens with two attached hydrogens (primary N) is 4. The van der Waals surface area contributed by atoms with Crippen LogP contribution in [0.4, 0.5) is 0 Å². The van der Waals surface area contributed by atoms with E-state index in [9.17, 15) is 15.3 Å². The summed E-state index contributed by atoms with van der Waals surface area (Å²) < 4.78 is 0. The van der Waals surface area contributed by atoms with Gasteiger partial charge in [0.2, 0.25) is 11.9 Å². The Kier molecular flexibility index (Phi) is 7.76. The van der Waals surface area contributed by atoms with E-state index < -0.39 is 30.9 Å². The van der Waals surface area contributed by atoms with Crippen LogP contribution in [0.3, 0.4) is 0 Å². The highest BCUT2D eigenvalue weighted by Gasteiger charge is 2.27. The molecule has 12 N–H and O–H groups in total. The molecule has 0 heterocycles. The van der Waals surface area contributed by atoms with E-state index in [1.54, 1.807) is 0 Å². The lowest BCUT2D eigenvalue weighted by molar-refractivity contribution is -0.0548. The fraction of sp³-hybridized carbons (Fsp3) is 0.500. The van der Waals surface area contributed by atoms with Gasteiger partial charge in [0.05, 0.1) is 12.8 Å². The number of guanidine groups is 2. The highest BCUT2D eigenvalue weighted by Crippen LogP contribution is 2.02. The molecule has 0 aromatic heterocycles. The fourth-order valence-corrected chi connectivity index (χ4v) is 0.925. The average Bonchev–Trinajstić information content (AvgIpc) is 2.39. The van der Waals surface area contributed by atoms with Crippen molar-refractivity contribution in [3.05, 3.63) is 0 Å². The van der Waals surface area contributed by atoms with Crippen LogP contribution in [-0.4, -0.2) is 69.2 Å². The standard InChI is InChI=1S/C8H18N8O4/c9-7(10)15-13-1-3(14-16-8(11)12)5(19)6(20)4(18)2-17/h1,4-6,17-20H,2H2,(H4,9,10,15)(H4,11,12,16). The van der Waals surface area contributed by atoms with Crippen LogP contribution >= 0.6 is 0 Å². The Morgan fingerprint density at radius 2 is 1.50 bits per heavy atom. The second kappa shape index (κ2) is 8.76. The van der Waals surface area contributed by atoms with E-state index in [4.69, 9.17) is 28.0 Å². The predicted molar refractivity (Wildman–Crippen MR) is 72.7 cm³/mol. The molecule has 12 nitrogen and oxygen atoms in total. The second-order valence-electron chi connectivity index (χ2n) is 3.50. The first-order valence-electron chi connectivity index (χ1n) is 5.23. The SMILES string of the molecule is NC(N)=NN=CC(=NN=C(N)N)C(O)C(O)C(O)CO. The minimum Gasteiger partial charge on any atom is -0.394 e. The van der Waals surface area contributed by atoms with E-state index in [1.807, 2.05) is 0 Å². The van der Waals surface area contributed by atoms with Crippen LogP contribution < -0.4 is 22.9 Å². The van der Waals surface area contributed by atoms with Crippen LogP contribution in [0, 0.1) is 0 Å². The Morgan fingerprint density at radius 1 is 0.950 bits per heavy atom. The highest BCUT2D eigenvalue weighted by molar-refractivity contribution is 6.32. The first-order chi connectivity index (χ1) is 9.29. The van der Waals surface area contributed by atoms with E-state index in [0.717, 1.165) is 6.21 Å². The molecule has 0 rings (SSSR count). The Labute approximate surface area is 113 Å². The number of rotatable bonds is 7. The second-order valence-corrected chi connectivity index (χ2v) is 3.50. The molecule has 0 saturated heterocycles. The fourth-order valence-electron chi connectivity index (χ4n) is 0.925. The van der Waals surface area contributed by atoms with Crippen LogP contribution in [0.1, 0.15) is 0 Å². The van der Waals surface area contributed by atoms with Gasteiger partial charge in [0.15, 0.2) is 0 Å². The Bertz CT molecular complexity index is 413.